The predicted molar refractivity (Wildman–Crippen MR) is 114 cm³/mol. The summed E-state index contributed by atoms with van der Waals surface area (Å²) in [6.07, 6.45) is -4.11. The summed E-state index contributed by atoms with van der Waals surface area (Å²) in [5, 5.41) is 10.8. The molecular formula is C23H22F5N3O2. The highest BCUT2D eigenvalue weighted by atomic mass is 19.4. The van der Waals surface area contributed by atoms with Crippen molar-refractivity contribution >= 4 is 22.8 Å². The Hall–Kier alpha value is -3.14. The maximum absolute atomic E-state index is 14.1. The largest absolute Gasteiger partial charge is 0.493 e. The predicted octanol–water partition coefficient (Wildman–Crippen LogP) is 5.80. The molecule has 2 aromatic carbocycles. The second-order valence-electron chi connectivity index (χ2n) is 7.60. The molecule has 1 heterocycles. The molecule has 0 radical (unpaired) electrons. The van der Waals surface area contributed by atoms with Crippen molar-refractivity contribution < 1.29 is 31.8 Å². The molecule has 5 nitrogen and oxygen atoms in total. The highest BCUT2D eigenvalue weighted by Crippen LogP contribution is 2.42. The topological polar surface area (TPSA) is 67.6 Å². The van der Waals surface area contributed by atoms with E-state index in [0.29, 0.717) is 6.21 Å². The number of para-hydroxylation sites is 1. The van der Waals surface area contributed by atoms with Gasteiger partial charge in [-0.2, -0.15) is 13.2 Å². The number of alkyl halides is 3. The first-order valence-corrected chi connectivity index (χ1v) is 10.1. The standard InChI is InChI=1S/C23H22F5N3O2/c1-4-14(15-6-5-7-18(25)21(15)33-3)10-22(32,23(26,27)28)12-30-19-9-8-17(24)20-16(19)11-29-13(2)31-20/h5-9,11-12,14,32H,4,10H2,1-3H3. The van der Waals surface area contributed by atoms with Crippen LogP contribution in [0.15, 0.2) is 41.5 Å². The number of benzene rings is 2. The second-order valence-corrected chi connectivity index (χ2v) is 7.60. The molecule has 0 saturated heterocycles. The number of rotatable bonds is 7. The van der Waals surface area contributed by atoms with Gasteiger partial charge in [-0.15, -0.1) is 0 Å². The number of aliphatic hydroxyl groups is 1. The minimum absolute atomic E-state index is 0.0366. The van der Waals surface area contributed by atoms with E-state index in [9.17, 15) is 27.1 Å². The van der Waals surface area contributed by atoms with E-state index in [1.807, 2.05) is 0 Å². The number of hydrogen-bond donors (Lipinski definition) is 1. The van der Waals surface area contributed by atoms with Crippen molar-refractivity contribution in [3.8, 4) is 5.75 Å². The minimum atomic E-state index is -5.09. The van der Waals surface area contributed by atoms with E-state index in [2.05, 4.69) is 15.0 Å². The lowest BCUT2D eigenvalue weighted by molar-refractivity contribution is -0.232. The Morgan fingerprint density at radius 3 is 2.52 bits per heavy atom. The molecule has 1 aromatic heterocycles. The maximum Gasteiger partial charge on any atom is 0.422 e. The Labute approximate surface area is 187 Å². The molecule has 176 valence electrons. The third kappa shape index (κ3) is 4.95. The van der Waals surface area contributed by atoms with Crippen LogP contribution < -0.4 is 4.74 Å². The number of aryl methyl sites for hydroxylation is 1. The molecule has 0 amide bonds. The number of ether oxygens (including phenoxy) is 1. The van der Waals surface area contributed by atoms with Gasteiger partial charge in [0.05, 0.1) is 12.8 Å². The van der Waals surface area contributed by atoms with Crippen molar-refractivity contribution in [2.75, 3.05) is 7.11 Å². The molecule has 0 aliphatic rings. The number of halogens is 5. The molecule has 0 bridgehead atoms. The van der Waals surface area contributed by atoms with Crippen molar-refractivity contribution in [3.63, 3.8) is 0 Å². The SMILES string of the molecule is CCC(CC(O)(C=Nc1ccc(F)c2nc(C)ncc12)C(F)(F)F)c1cccc(F)c1OC. The van der Waals surface area contributed by atoms with Gasteiger partial charge in [-0.25, -0.2) is 18.7 Å². The summed E-state index contributed by atoms with van der Waals surface area (Å²) >= 11 is 0. The van der Waals surface area contributed by atoms with Crippen LogP contribution >= 0.6 is 0 Å². The molecule has 10 heteroatoms. The van der Waals surface area contributed by atoms with E-state index in [4.69, 9.17) is 4.74 Å². The normalized spacial score (nSPS) is 15.1. The molecule has 2 atom stereocenters. The lowest BCUT2D eigenvalue weighted by Gasteiger charge is -2.31. The molecule has 3 aromatic rings. The van der Waals surface area contributed by atoms with Gasteiger partial charge in [0.1, 0.15) is 17.2 Å². The van der Waals surface area contributed by atoms with E-state index in [-0.39, 0.29) is 40.1 Å². The van der Waals surface area contributed by atoms with Crippen LogP contribution in [0, 0.1) is 18.6 Å². The maximum atomic E-state index is 14.1. The second kappa shape index (κ2) is 9.38. The van der Waals surface area contributed by atoms with Gasteiger partial charge in [0.15, 0.2) is 17.2 Å². The van der Waals surface area contributed by atoms with Gasteiger partial charge in [0.25, 0.3) is 0 Å². The summed E-state index contributed by atoms with van der Waals surface area (Å²) in [5.41, 5.74) is -3.28. The third-order valence-electron chi connectivity index (χ3n) is 5.40. The summed E-state index contributed by atoms with van der Waals surface area (Å²) in [6, 6.07) is 6.16. The van der Waals surface area contributed by atoms with Crippen molar-refractivity contribution in [1.82, 2.24) is 9.97 Å². The number of hydrogen-bond acceptors (Lipinski definition) is 5. The molecule has 3 rings (SSSR count). The first-order chi connectivity index (χ1) is 15.5. The van der Waals surface area contributed by atoms with Crippen LogP contribution in [0.3, 0.4) is 0 Å². The van der Waals surface area contributed by atoms with Crippen LogP contribution in [0.25, 0.3) is 10.9 Å². The van der Waals surface area contributed by atoms with Crippen molar-refractivity contribution in [3.05, 3.63) is 59.6 Å². The smallest absolute Gasteiger partial charge is 0.422 e. The van der Waals surface area contributed by atoms with E-state index in [1.54, 1.807) is 13.8 Å². The fourth-order valence-corrected chi connectivity index (χ4v) is 3.60. The summed E-state index contributed by atoms with van der Waals surface area (Å²) in [4.78, 5) is 11.7. The Balaban J connectivity index is 2.04. The van der Waals surface area contributed by atoms with Gasteiger partial charge in [-0.3, -0.25) is 4.99 Å². The zero-order chi connectivity index (χ0) is 24.4. The molecule has 0 fully saturated rings. The first-order valence-electron chi connectivity index (χ1n) is 10.1. The Morgan fingerprint density at radius 1 is 1.15 bits per heavy atom. The van der Waals surface area contributed by atoms with Crippen LogP contribution in [0.2, 0.25) is 0 Å². The van der Waals surface area contributed by atoms with Crippen LogP contribution in [-0.4, -0.2) is 40.2 Å². The Morgan fingerprint density at radius 2 is 1.88 bits per heavy atom. The van der Waals surface area contributed by atoms with Crippen molar-refractivity contribution in [2.45, 2.75) is 44.4 Å². The Kier molecular flexibility index (Phi) is 6.97. The zero-order valence-corrected chi connectivity index (χ0v) is 18.1. The van der Waals surface area contributed by atoms with Crippen LogP contribution in [-0.2, 0) is 0 Å². The number of fused-ring (bicyclic) bond motifs is 1. The average molecular weight is 467 g/mol. The van der Waals surface area contributed by atoms with E-state index < -0.39 is 35.8 Å². The van der Waals surface area contributed by atoms with Gasteiger partial charge in [0, 0.05) is 23.4 Å². The van der Waals surface area contributed by atoms with E-state index in [0.717, 1.165) is 12.1 Å². The third-order valence-corrected chi connectivity index (χ3v) is 5.40. The van der Waals surface area contributed by atoms with Crippen molar-refractivity contribution in [1.29, 1.82) is 0 Å². The minimum Gasteiger partial charge on any atom is -0.493 e. The highest BCUT2D eigenvalue weighted by Gasteiger charge is 2.53. The van der Waals surface area contributed by atoms with Crippen LogP contribution in [0.4, 0.5) is 27.6 Å². The quantitative estimate of drug-likeness (QED) is 0.352. The van der Waals surface area contributed by atoms with Gasteiger partial charge >= 0.3 is 6.18 Å². The molecule has 33 heavy (non-hydrogen) atoms. The van der Waals surface area contributed by atoms with E-state index >= 15 is 0 Å². The number of aromatic nitrogens is 2. The molecular weight excluding hydrogens is 445 g/mol. The van der Waals surface area contributed by atoms with Crippen LogP contribution in [0.5, 0.6) is 5.75 Å². The average Bonchev–Trinajstić information content (AvgIpc) is 2.76. The van der Waals surface area contributed by atoms with Gasteiger partial charge in [-0.1, -0.05) is 19.1 Å². The highest BCUT2D eigenvalue weighted by molar-refractivity contribution is 5.91. The Bertz CT molecular complexity index is 1180. The number of aliphatic imine (C=N–C) groups is 1. The van der Waals surface area contributed by atoms with Gasteiger partial charge < -0.3 is 9.84 Å². The molecule has 0 aliphatic heterocycles. The molecule has 1 N–H and O–H groups in total. The van der Waals surface area contributed by atoms with Gasteiger partial charge in [-0.05, 0) is 43.9 Å². The molecule has 0 saturated carbocycles. The fraction of sp³-hybridized carbons (Fsp3) is 0.348. The summed E-state index contributed by atoms with van der Waals surface area (Å²) in [5.74, 6) is -2.19. The summed E-state index contributed by atoms with van der Waals surface area (Å²) in [6.45, 7) is 3.17. The summed E-state index contributed by atoms with van der Waals surface area (Å²) < 4.78 is 75.2. The van der Waals surface area contributed by atoms with Gasteiger partial charge in [0.2, 0.25) is 0 Å². The first kappa shape index (κ1) is 24.5. The number of nitrogens with zero attached hydrogens (tertiary/aromatic N) is 3. The number of methoxy groups -OCH3 is 1. The molecule has 0 spiro atoms. The molecule has 0 aliphatic carbocycles. The van der Waals surface area contributed by atoms with Crippen LogP contribution in [0.1, 0.15) is 37.1 Å². The van der Waals surface area contributed by atoms with Crippen molar-refractivity contribution in [2.24, 2.45) is 4.99 Å². The lowest BCUT2D eigenvalue weighted by atomic mass is 9.84. The fourth-order valence-electron chi connectivity index (χ4n) is 3.60. The molecule has 2 unspecified atom stereocenters. The summed E-state index contributed by atoms with van der Waals surface area (Å²) in [7, 11) is 1.22. The zero-order valence-electron chi connectivity index (χ0n) is 18.1. The lowest BCUT2D eigenvalue weighted by Crippen LogP contribution is -2.47. The monoisotopic (exact) mass is 467 g/mol. The van der Waals surface area contributed by atoms with E-state index in [1.165, 1.54) is 31.5 Å².